The van der Waals surface area contributed by atoms with Crippen LogP contribution in [0, 0.1) is 0 Å². The van der Waals surface area contributed by atoms with Gasteiger partial charge in [-0.2, -0.15) is 5.10 Å². The number of aliphatic carboxylic acids is 1. The van der Waals surface area contributed by atoms with Crippen LogP contribution in [-0.4, -0.2) is 81.1 Å². The molecule has 11 heteroatoms. The SMILES string of the molecule is Cn1ncc(Cl)c1C(=O)N[C@@H](CCN(CCCCc1ccc2c(n1)NCCC2)CCOC(C)(C)C)C(=O)O. The number of fused-ring (bicyclic) bond motifs is 1. The number of carbonyl (C=O) groups is 2. The van der Waals surface area contributed by atoms with Gasteiger partial charge >= 0.3 is 5.97 Å². The number of nitrogens with zero attached hydrogens (tertiary/aromatic N) is 4. The normalized spacial score (nSPS) is 14.2. The van der Waals surface area contributed by atoms with Crippen molar-refractivity contribution in [3.63, 3.8) is 0 Å². The molecular formula is C27H41ClN6O4. The van der Waals surface area contributed by atoms with Crippen molar-refractivity contribution in [2.24, 2.45) is 7.05 Å². The molecule has 0 aliphatic carbocycles. The number of pyridine rings is 1. The average molecular weight is 549 g/mol. The van der Waals surface area contributed by atoms with Gasteiger partial charge in [0.1, 0.15) is 17.6 Å². The molecule has 210 valence electrons. The summed E-state index contributed by atoms with van der Waals surface area (Å²) >= 11 is 6.05. The van der Waals surface area contributed by atoms with E-state index in [1.54, 1.807) is 7.05 Å². The van der Waals surface area contributed by atoms with Crippen molar-refractivity contribution in [2.45, 2.75) is 70.9 Å². The third kappa shape index (κ3) is 9.25. The van der Waals surface area contributed by atoms with E-state index in [4.69, 9.17) is 21.3 Å². The van der Waals surface area contributed by atoms with E-state index in [9.17, 15) is 14.7 Å². The second-order valence-electron chi connectivity index (χ2n) is 10.7. The smallest absolute Gasteiger partial charge is 0.326 e. The van der Waals surface area contributed by atoms with Crippen LogP contribution >= 0.6 is 11.6 Å². The van der Waals surface area contributed by atoms with Gasteiger partial charge in [-0.15, -0.1) is 0 Å². The molecule has 10 nitrogen and oxygen atoms in total. The Hall–Kier alpha value is -2.69. The minimum absolute atomic E-state index is 0.138. The summed E-state index contributed by atoms with van der Waals surface area (Å²) < 4.78 is 7.25. The number of aromatic nitrogens is 3. The largest absolute Gasteiger partial charge is 0.480 e. The van der Waals surface area contributed by atoms with Gasteiger partial charge in [-0.25, -0.2) is 9.78 Å². The van der Waals surface area contributed by atoms with E-state index in [2.05, 4.69) is 32.8 Å². The first-order valence-corrected chi connectivity index (χ1v) is 13.7. The number of anilines is 1. The minimum atomic E-state index is -1.09. The van der Waals surface area contributed by atoms with Gasteiger partial charge < -0.3 is 25.4 Å². The lowest BCUT2D eigenvalue weighted by Crippen LogP contribution is -2.44. The molecule has 0 bridgehead atoms. The Balaban J connectivity index is 1.53. The Morgan fingerprint density at radius 2 is 2.05 bits per heavy atom. The molecule has 0 saturated carbocycles. The van der Waals surface area contributed by atoms with Crippen molar-refractivity contribution in [2.75, 3.05) is 38.1 Å². The molecule has 38 heavy (non-hydrogen) atoms. The summed E-state index contributed by atoms with van der Waals surface area (Å²) in [7, 11) is 1.59. The van der Waals surface area contributed by atoms with Crippen LogP contribution in [0.1, 0.15) is 68.2 Å². The highest BCUT2D eigenvalue weighted by Gasteiger charge is 2.25. The van der Waals surface area contributed by atoms with Crippen LogP contribution in [0.5, 0.6) is 0 Å². The van der Waals surface area contributed by atoms with E-state index in [0.29, 0.717) is 19.7 Å². The number of ether oxygens (including phenoxy) is 1. The maximum Gasteiger partial charge on any atom is 0.326 e. The number of carbonyl (C=O) groups excluding carboxylic acids is 1. The minimum Gasteiger partial charge on any atom is -0.480 e. The van der Waals surface area contributed by atoms with Gasteiger partial charge in [0.25, 0.3) is 5.91 Å². The van der Waals surface area contributed by atoms with Crippen molar-refractivity contribution in [1.29, 1.82) is 0 Å². The molecule has 1 aliphatic heterocycles. The lowest BCUT2D eigenvalue weighted by Gasteiger charge is -2.27. The third-order valence-corrected chi connectivity index (χ3v) is 6.77. The third-order valence-electron chi connectivity index (χ3n) is 6.50. The second-order valence-corrected chi connectivity index (χ2v) is 11.1. The summed E-state index contributed by atoms with van der Waals surface area (Å²) in [6.45, 7) is 9.52. The number of carboxylic acid groups (broad SMARTS) is 1. The van der Waals surface area contributed by atoms with Crippen LogP contribution in [-0.2, 0) is 29.4 Å². The molecular weight excluding hydrogens is 508 g/mol. The van der Waals surface area contributed by atoms with Crippen LogP contribution in [0.4, 0.5) is 5.82 Å². The molecule has 1 amide bonds. The molecule has 3 heterocycles. The van der Waals surface area contributed by atoms with Crippen molar-refractivity contribution in [3.05, 3.63) is 40.3 Å². The first-order chi connectivity index (χ1) is 18.0. The van der Waals surface area contributed by atoms with Crippen molar-refractivity contribution < 1.29 is 19.4 Å². The monoisotopic (exact) mass is 548 g/mol. The number of aryl methyl sites for hydroxylation is 3. The van der Waals surface area contributed by atoms with Gasteiger partial charge in [0.05, 0.1) is 23.4 Å². The zero-order chi connectivity index (χ0) is 27.7. The standard InChI is InChI=1S/C27H41ClN6O4/c1-27(2,3)38-17-16-34(14-6-5-9-20-11-10-19-8-7-13-29-24(19)31-20)15-12-22(26(36)37)32-25(35)23-21(28)18-30-33(23)4/h10-11,18,22H,5-9,12-17H2,1-4H3,(H,29,31)(H,32,35)(H,36,37)/t22-/m0/s1. The molecule has 0 fully saturated rings. The Kier molecular flexibility index (Phi) is 10.9. The topological polar surface area (TPSA) is 122 Å². The Bertz CT molecular complexity index is 1060. The summed E-state index contributed by atoms with van der Waals surface area (Å²) in [6, 6.07) is 3.25. The maximum atomic E-state index is 12.7. The molecule has 1 atom stereocenters. The van der Waals surface area contributed by atoms with E-state index in [1.165, 1.54) is 16.4 Å². The summed E-state index contributed by atoms with van der Waals surface area (Å²) in [5, 5.41) is 19.9. The van der Waals surface area contributed by atoms with Crippen LogP contribution < -0.4 is 10.6 Å². The molecule has 3 rings (SSSR count). The van der Waals surface area contributed by atoms with Crippen LogP contribution in [0.3, 0.4) is 0 Å². The summed E-state index contributed by atoms with van der Waals surface area (Å²) in [5.41, 5.74) is 2.26. The van der Waals surface area contributed by atoms with Gasteiger partial charge in [-0.1, -0.05) is 17.7 Å². The predicted molar refractivity (Wildman–Crippen MR) is 148 cm³/mol. The number of amides is 1. The number of carboxylic acids is 1. The van der Waals surface area contributed by atoms with E-state index in [1.807, 2.05) is 20.8 Å². The van der Waals surface area contributed by atoms with Gasteiger partial charge in [0, 0.05) is 32.4 Å². The van der Waals surface area contributed by atoms with E-state index >= 15 is 0 Å². The van der Waals surface area contributed by atoms with E-state index in [0.717, 1.165) is 56.7 Å². The lowest BCUT2D eigenvalue weighted by molar-refractivity contribution is -0.139. The maximum absolute atomic E-state index is 12.7. The van der Waals surface area contributed by atoms with Crippen LogP contribution in [0.15, 0.2) is 18.3 Å². The quantitative estimate of drug-likeness (QED) is 0.306. The number of hydrogen-bond acceptors (Lipinski definition) is 7. The first-order valence-electron chi connectivity index (χ1n) is 13.3. The zero-order valence-electron chi connectivity index (χ0n) is 22.9. The predicted octanol–water partition coefficient (Wildman–Crippen LogP) is 3.54. The molecule has 0 aromatic carbocycles. The molecule has 3 N–H and O–H groups in total. The highest BCUT2D eigenvalue weighted by Crippen LogP contribution is 2.20. The summed E-state index contributed by atoms with van der Waals surface area (Å²) in [4.78, 5) is 31.6. The first kappa shape index (κ1) is 29.9. The van der Waals surface area contributed by atoms with Crippen molar-refractivity contribution >= 4 is 29.3 Å². The second kappa shape index (κ2) is 13.9. The average Bonchev–Trinajstić information content (AvgIpc) is 3.20. The molecule has 0 spiro atoms. The molecule has 0 radical (unpaired) electrons. The molecule has 2 aromatic rings. The van der Waals surface area contributed by atoms with Gasteiger partial charge in [-0.05, 0) is 77.5 Å². The van der Waals surface area contributed by atoms with Gasteiger partial charge in [0.15, 0.2) is 0 Å². The molecule has 1 aliphatic rings. The fourth-order valence-electron chi connectivity index (χ4n) is 4.43. The molecule has 0 unspecified atom stereocenters. The summed E-state index contributed by atoms with van der Waals surface area (Å²) in [5.74, 6) is -0.629. The number of halogens is 1. The van der Waals surface area contributed by atoms with Crippen LogP contribution in [0.2, 0.25) is 5.02 Å². The zero-order valence-corrected chi connectivity index (χ0v) is 23.7. The number of hydrogen-bond donors (Lipinski definition) is 3. The lowest BCUT2D eigenvalue weighted by atomic mass is 10.1. The highest BCUT2D eigenvalue weighted by molar-refractivity contribution is 6.33. The number of nitrogens with one attached hydrogen (secondary N) is 2. The van der Waals surface area contributed by atoms with E-state index < -0.39 is 17.9 Å². The van der Waals surface area contributed by atoms with Crippen molar-refractivity contribution in [1.82, 2.24) is 25.0 Å². The van der Waals surface area contributed by atoms with E-state index in [-0.39, 0.29) is 22.7 Å². The van der Waals surface area contributed by atoms with Gasteiger partial charge in [-0.3, -0.25) is 9.48 Å². The fourth-order valence-corrected chi connectivity index (χ4v) is 4.68. The van der Waals surface area contributed by atoms with Gasteiger partial charge in [0.2, 0.25) is 0 Å². The summed E-state index contributed by atoms with van der Waals surface area (Å²) in [6.07, 6.45) is 6.64. The van der Waals surface area contributed by atoms with Crippen LogP contribution in [0.25, 0.3) is 0 Å². The Morgan fingerprint density at radius 1 is 1.26 bits per heavy atom. The highest BCUT2D eigenvalue weighted by atomic mass is 35.5. The Labute approximate surface area is 230 Å². The van der Waals surface area contributed by atoms with Crippen molar-refractivity contribution in [3.8, 4) is 0 Å². The number of rotatable bonds is 14. The number of unbranched alkanes of at least 4 members (excludes halogenated alkanes) is 1. The molecule has 0 saturated heterocycles. The molecule has 2 aromatic heterocycles. The fraction of sp³-hybridized carbons (Fsp3) is 0.630. The Morgan fingerprint density at radius 3 is 2.74 bits per heavy atom.